The summed E-state index contributed by atoms with van der Waals surface area (Å²) in [6.07, 6.45) is 0.688. The van der Waals surface area contributed by atoms with Gasteiger partial charge >= 0.3 is 0 Å². The fraction of sp³-hybridized carbons (Fsp3) is 0.462. The summed E-state index contributed by atoms with van der Waals surface area (Å²) >= 11 is 0. The van der Waals surface area contributed by atoms with Gasteiger partial charge in [-0.3, -0.25) is 0 Å². The number of aliphatic hydroxyl groups excluding tert-OH is 1. The van der Waals surface area contributed by atoms with E-state index in [4.69, 9.17) is 16.1 Å². The molecule has 0 aliphatic rings. The molecule has 17 heavy (non-hydrogen) atoms. The first kappa shape index (κ1) is 13.3. The summed E-state index contributed by atoms with van der Waals surface area (Å²) in [6, 6.07) is 7.79. The highest BCUT2D eigenvalue weighted by molar-refractivity contribution is 5.64. The Hall–Kier alpha value is -1.73. The molecule has 0 fully saturated rings. The van der Waals surface area contributed by atoms with Crippen molar-refractivity contribution in [2.45, 2.75) is 26.3 Å². The van der Waals surface area contributed by atoms with Crippen LogP contribution in [0.5, 0.6) is 0 Å². The minimum absolute atomic E-state index is 0.153. The number of nitriles is 1. The molecule has 0 aliphatic carbocycles. The van der Waals surface area contributed by atoms with Crippen molar-refractivity contribution < 1.29 is 5.11 Å². The van der Waals surface area contributed by atoms with E-state index in [1.54, 1.807) is 12.1 Å². The molecule has 0 aliphatic heterocycles. The number of aliphatic hydroxyl groups is 1. The van der Waals surface area contributed by atoms with Crippen LogP contribution in [0.1, 0.15) is 25.8 Å². The lowest BCUT2D eigenvalue weighted by atomic mass is 10.1. The first-order valence-corrected chi connectivity index (χ1v) is 5.77. The molecule has 1 aromatic rings. The molecule has 1 rings (SSSR count). The van der Waals surface area contributed by atoms with Crippen LogP contribution in [0.3, 0.4) is 0 Å². The van der Waals surface area contributed by atoms with Crippen molar-refractivity contribution in [3.05, 3.63) is 23.8 Å². The first-order valence-electron chi connectivity index (χ1n) is 5.77. The van der Waals surface area contributed by atoms with Gasteiger partial charge in [0, 0.05) is 24.9 Å². The van der Waals surface area contributed by atoms with Crippen LogP contribution in [0.25, 0.3) is 0 Å². The standard InChI is InChI=1S/C13H19N3O/c1-10(2)16(6-3-7-17)13-5-4-12(15)8-11(13)9-14/h4-5,8,10,17H,3,6-7,15H2,1-2H3. The Morgan fingerprint density at radius 2 is 2.18 bits per heavy atom. The smallest absolute Gasteiger partial charge is 0.101 e. The molecule has 0 unspecified atom stereocenters. The quantitative estimate of drug-likeness (QED) is 0.760. The normalized spacial score (nSPS) is 10.3. The number of nitrogens with two attached hydrogens (primary N) is 1. The second-order valence-corrected chi connectivity index (χ2v) is 4.25. The molecule has 0 radical (unpaired) electrons. The van der Waals surface area contributed by atoms with Crippen LogP contribution in [-0.2, 0) is 0 Å². The number of hydrogen-bond donors (Lipinski definition) is 2. The lowest BCUT2D eigenvalue weighted by Crippen LogP contribution is -2.32. The van der Waals surface area contributed by atoms with Crippen LogP contribution in [0.2, 0.25) is 0 Å². The van der Waals surface area contributed by atoms with E-state index in [9.17, 15) is 0 Å². The third-order valence-corrected chi connectivity index (χ3v) is 2.63. The van der Waals surface area contributed by atoms with Crippen molar-refractivity contribution in [2.75, 3.05) is 23.8 Å². The average Bonchev–Trinajstić information content (AvgIpc) is 2.30. The summed E-state index contributed by atoms with van der Waals surface area (Å²) in [6.45, 7) is 5.01. The molecule has 0 amide bonds. The van der Waals surface area contributed by atoms with E-state index in [0.717, 1.165) is 12.2 Å². The van der Waals surface area contributed by atoms with Gasteiger partial charge in [0.25, 0.3) is 0 Å². The van der Waals surface area contributed by atoms with E-state index < -0.39 is 0 Å². The number of nitrogens with zero attached hydrogens (tertiary/aromatic N) is 2. The first-order chi connectivity index (χ1) is 8.10. The number of nitrogen functional groups attached to an aromatic ring is 1. The topological polar surface area (TPSA) is 73.3 Å². The maximum atomic E-state index is 9.12. The molecule has 0 bridgehead atoms. The van der Waals surface area contributed by atoms with Crippen molar-refractivity contribution in [2.24, 2.45) is 0 Å². The lowest BCUT2D eigenvalue weighted by Gasteiger charge is -2.29. The van der Waals surface area contributed by atoms with Gasteiger partial charge in [0.15, 0.2) is 0 Å². The third-order valence-electron chi connectivity index (χ3n) is 2.63. The summed E-state index contributed by atoms with van der Waals surface area (Å²) in [7, 11) is 0. The number of rotatable bonds is 5. The van der Waals surface area contributed by atoms with Crippen molar-refractivity contribution in [1.82, 2.24) is 0 Å². The highest BCUT2D eigenvalue weighted by Gasteiger charge is 2.14. The summed E-state index contributed by atoms with van der Waals surface area (Å²) < 4.78 is 0. The van der Waals surface area contributed by atoms with Gasteiger partial charge in [0.2, 0.25) is 0 Å². The Morgan fingerprint density at radius 3 is 2.71 bits per heavy atom. The van der Waals surface area contributed by atoms with Gasteiger partial charge in [0.1, 0.15) is 6.07 Å². The zero-order valence-electron chi connectivity index (χ0n) is 10.3. The van der Waals surface area contributed by atoms with E-state index in [2.05, 4.69) is 24.8 Å². The summed E-state index contributed by atoms with van der Waals surface area (Å²) in [4.78, 5) is 2.11. The fourth-order valence-electron chi connectivity index (χ4n) is 1.79. The highest BCUT2D eigenvalue weighted by atomic mass is 16.3. The van der Waals surface area contributed by atoms with Gasteiger partial charge in [-0.2, -0.15) is 5.26 Å². The molecule has 3 N–H and O–H groups in total. The van der Waals surface area contributed by atoms with Crippen LogP contribution < -0.4 is 10.6 Å². The second kappa shape index (κ2) is 6.12. The highest BCUT2D eigenvalue weighted by Crippen LogP contribution is 2.24. The predicted molar refractivity (Wildman–Crippen MR) is 69.8 cm³/mol. The Morgan fingerprint density at radius 1 is 1.47 bits per heavy atom. The monoisotopic (exact) mass is 233 g/mol. The second-order valence-electron chi connectivity index (χ2n) is 4.25. The number of benzene rings is 1. The van der Waals surface area contributed by atoms with Crippen molar-refractivity contribution >= 4 is 11.4 Å². The van der Waals surface area contributed by atoms with Crippen molar-refractivity contribution in [1.29, 1.82) is 5.26 Å². The molecular weight excluding hydrogens is 214 g/mol. The summed E-state index contributed by atoms with van der Waals surface area (Å²) in [5.41, 5.74) is 7.72. The summed E-state index contributed by atoms with van der Waals surface area (Å²) in [5.74, 6) is 0. The van der Waals surface area contributed by atoms with Crippen LogP contribution in [0.15, 0.2) is 18.2 Å². The largest absolute Gasteiger partial charge is 0.399 e. The zero-order valence-corrected chi connectivity index (χ0v) is 10.3. The molecule has 0 heterocycles. The molecule has 92 valence electrons. The van der Waals surface area contributed by atoms with Crippen molar-refractivity contribution in [3.8, 4) is 6.07 Å². The number of hydrogen-bond acceptors (Lipinski definition) is 4. The van der Waals surface area contributed by atoms with Gasteiger partial charge < -0.3 is 15.7 Å². The molecule has 1 aromatic carbocycles. The third kappa shape index (κ3) is 3.36. The van der Waals surface area contributed by atoms with Gasteiger partial charge in [-0.1, -0.05) is 0 Å². The molecule has 0 aromatic heterocycles. The summed E-state index contributed by atoms with van der Waals surface area (Å²) in [5, 5.41) is 18.0. The van der Waals surface area contributed by atoms with Gasteiger partial charge in [-0.05, 0) is 38.5 Å². The average molecular weight is 233 g/mol. The maximum absolute atomic E-state index is 9.12. The Kier molecular flexibility index (Phi) is 4.80. The predicted octanol–water partition coefficient (Wildman–Crippen LogP) is 1.74. The molecule has 4 heteroatoms. The van der Waals surface area contributed by atoms with E-state index in [0.29, 0.717) is 17.7 Å². The Bertz CT molecular complexity index is 410. The van der Waals surface area contributed by atoms with Crippen LogP contribution >= 0.6 is 0 Å². The SMILES string of the molecule is CC(C)N(CCCO)c1ccc(N)cc1C#N. The minimum Gasteiger partial charge on any atom is -0.399 e. The zero-order chi connectivity index (χ0) is 12.8. The Labute approximate surface area is 102 Å². The van der Waals surface area contributed by atoms with Gasteiger partial charge in [-0.25, -0.2) is 0 Å². The van der Waals surface area contributed by atoms with E-state index in [1.165, 1.54) is 0 Å². The van der Waals surface area contributed by atoms with Gasteiger partial charge in [0.05, 0.1) is 11.3 Å². The lowest BCUT2D eigenvalue weighted by molar-refractivity contribution is 0.288. The van der Waals surface area contributed by atoms with E-state index in [1.807, 2.05) is 6.07 Å². The fourth-order valence-corrected chi connectivity index (χ4v) is 1.79. The van der Waals surface area contributed by atoms with E-state index >= 15 is 0 Å². The molecule has 0 saturated heterocycles. The molecule has 0 atom stereocenters. The molecular formula is C13H19N3O. The van der Waals surface area contributed by atoms with Gasteiger partial charge in [-0.15, -0.1) is 0 Å². The molecule has 0 spiro atoms. The Balaban J connectivity index is 3.05. The van der Waals surface area contributed by atoms with E-state index in [-0.39, 0.29) is 12.6 Å². The number of anilines is 2. The van der Waals surface area contributed by atoms with Crippen molar-refractivity contribution in [3.63, 3.8) is 0 Å². The van der Waals surface area contributed by atoms with Crippen LogP contribution in [0.4, 0.5) is 11.4 Å². The molecule has 0 saturated carbocycles. The molecule has 4 nitrogen and oxygen atoms in total. The minimum atomic E-state index is 0.153. The maximum Gasteiger partial charge on any atom is 0.101 e. The van der Waals surface area contributed by atoms with Crippen LogP contribution in [-0.4, -0.2) is 24.3 Å². The van der Waals surface area contributed by atoms with Crippen LogP contribution in [0, 0.1) is 11.3 Å².